The number of nitrogens with zero attached hydrogens (tertiary/aromatic N) is 5. The van der Waals surface area contributed by atoms with Crippen LogP contribution in [0.4, 0.5) is 18.9 Å². The number of rotatable bonds is 3. The molecule has 1 spiro atoms. The molecule has 8 nitrogen and oxygen atoms in total. The van der Waals surface area contributed by atoms with Gasteiger partial charge in [-0.1, -0.05) is 6.07 Å². The molecule has 3 aromatic rings. The quantitative estimate of drug-likeness (QED) is 0.565. The molecular formula is C26H26F3N5O3. The molecule has 6 rings (SSSR count). The van der Waals surface area contributed by atoms with Gasteiger partial charge in [-0.05, 0) is 68.5 Å². The Labute approximate surface area is 211 Å². The molecule has 2 fully saturated rings. The van der Waals surface area contributed by atoms with Crippen LogP contribution in [-0.2, 0) is 10.3 Å². The monoisotopic (exact) mass is 513 g/mol. The van der Waals surface area contributed by atoms with Crippen molar-refractivity contribution < 1.29 is 27.9 Å². The maximum Gasteiger partial charge on any atom is 0.490 e. The third-order valence-corrected chi connectivity index (χ3v) is 7.05. The number of amides is 1. The number of pyridine rings is 2. The number of aliphatic carboxylic acids is 1. The van der Waals surface area contributed by atoms with Crippen molar-refractivity contribution in [2.75, 3.05) is 24.5 Å². The molecule has 2 aliphatic heterocycles. The van der Waals surface area contributed by atoms with Crippen LogP contribution in [0.5, 0.6) is 0 Å². The molecule has 0 radical (unpaired) electrons. The molecule has 1 N–H and O–H groups in total. The number of aromatic nitrogens is 3. The van der Waals surface area contributed by atoms with Crippen molar-refractivity contribution in [3.8, 4) is 5.82 Å². The second kappa shape index (κ2) is 9.20. The smallest absolute Gasteiger partial charge is 0.475 e. The van der Waals surface area contributed by atoms with Crippen molar-refractivity contribution in [3.05, 3.63) is 71.9 Å². The standard InChI is InChI=1S/C24H25N5O.C2HF3O2/c1-17-5-2-6-19(26-17)23(30)27-14-11-24(16-27)21-8-4-13-28(21)22-20(7-3-12-25-22)29(24)15-18-9-10-18;3-2(4,5)1(6)7/h2-8,12-13,18H,9-11,14-16H2,1H3;(H,6,7). The zero-order valence-corrected chi connectivity index (χ0v) is 20.1. The lowest BCUT2D eigenvalue weighted by Crippen LogP contribution is -2.53. The van der Waals surface area contributed by atoms with E-state index in [-0.39, 0.29) is 11.4 Å². The molecule has 1 saturated heterocycles. The zero-order valence-electron chi connectivity index (χ0n) is 20.1. The van der Waals surface area contributed by atoms with Crippen LogP contribution in [0.3, 0.4) is 0 Å². The fraction of sp³-hybridized carbons (Fsp3) is 0.385. The van der Waals surface area contributed by atoms with E-state index in [1.807, 2.05) is 42.3 Å². The number of likely N-dealkylation sites (tertiary alicyclic amines) is 1. The van der Waals surface area contributed by atoms with Gasteiger partial charge in [0.2, 0.25) is 0 Å². The molecule has 1 unspecified atom stereocenters. The minimum absolute atomic E-state index is 0.0250. The van der Waals surface area contributed by atoms with Gasteiger partial charge >= 0.3 is 12.1 Å². The summed E-state index contributed by atoms with van der Waals surface area (Å²) in [6.07, 6.45) is 2.38. The minimum Gasteiger partial charge on any atom is -0.475 e. The highest BCUT2D eigenvalue weighted by atomic mass is 19.4. The van der Waals surface area contributed by atoms with Crippen molar-refractivity contribution in [1.29, 1.82) is 0 Å². The van der Waals surface area contributed by atoms with Crippen molar-refractivity contribution in [1.82, 2.24) is 19.4 Å². The summed E-state index contributed by atoms with van der Waals surface area (Å²) in [4.78, 5) is 35.9. The van der Waals surface area contributed by atoms with Gasteiger partial charge in [-0.15, -0.1) is 0 Å². The number of carboxylic acids is 1. The van der Waals surface area contributed by atoms with E-state index in [9.17, 15) is 18.0 Å². The van der Waals surface area contributed by atoms with Crippen LogP contribution in [0.15, 0.2) is 54.9 Å². The number of aryl methyl sites for hydroxylation is 1. The van der Waals surface area contributed by atoms with Gasteiger partial charge in [-0.3, -0.25) is 4.79 Å². The minimum atomic E-state index is -5.08. The van der Waals surface area contributed by atoms with E-state index >= 15 is 0 Å². The van der Waals surface area contributed by atoms with Gasteiger partial charge in [-0.2, -0.15) is 13.2 Å². The fourth-order valence-corrected chi connectivity index (χ4v) is 5.15. The van der Waals surface area contributed by atoms with E-state index in [4.69, 9.17) is 14.9 Å². The van der Waals surface area contributed by atoms with Gasteiger partial charge < -0.3 is 19.5 Å². The largest absolute Gasteiger partial charge is 0.490 e. The molecule has 1 amide bonds. The number of carbonyl (C=O) groups is 2. The molecule has 3 aromatic heterocycles. The third kappa shape index (κ3) is 4.65. The number of carboxylic acid groups (broad SMARTS) is 1. The molecule has 37 heavy (non-hydrogen) atoms. The number of carbonyl (C=O) groups excluding carboxylic acids is 1. The summed E-state index contributed by atoms with van der Waals surface area (Å²) in [6.45, 7) is 4.36. The fourth-order valence-electron chi connectivity index (χ4n) is 5.15. The molecule has 3 aliphatic rings. The van der Waals surface area contributed by atoms with Crippen LogP contribution in [-0.4, -0.2) is 62.2 Å². The van der Waals surface area contributed by atoms with Crippen molar-refractivity contribution in [3.63, 3.8) is 0 Å². The summed E-state index contributed by atoms with van der Waals surface area (Å²) in [7, 11) is 0. The van der Waals surface area contributed by atoms with Crippen LogP contribution in [0, 0.1) is 12.8 Å². The second-order valence-electron chi connectivity index (χ2n) is 9.64. The number of anilines is 1. The molecule has 0 aromatic carbocycles. The average Bonchev–Trinajstić information content (AvgIpc) is 3.36. The van der Waals surface area contributed by atoms with E-state index in [0.29, 0.717) is 12.2 Å². The Balaban J connectivity index is 0.000000355. The Morgan fingerprint density at radius 2 is 1.89 bits per heavy atom. The van der Waals surface area contributed by atoms with Crippen molar-refractivity contribution in [2.45, 2.75) is 37.9 Å². The first-order valence-electron chi connectivity index (χ1n) is 12.0. The van der Waals surface area contributed by atoms with E-state index in [0.717, 1.165) is 36.9 Å². The van der Waals surface area contributed by atoms with Crippen LogP contribution < -0.4 is 4.90 Å². The van der Waals surface area contributed by atoms with Gasteiger partial charge in [-0.25, -0.2) is 14.8 Å². The maximum absolute atomic E-state index is 13.3. The number of hydrogen-bond donors (Lipinski definition) is 1. The van der Waals surface area contributed by atoms with E-state index < -0.39 is 12.1 Å². The van der Waals surface area contributed by atoms with E-state index in [1.165, 1.54) is 24.2 Å². The maximum atomic E-state index is 13.3. The Morgan fingerprint density at radius 3 is 2.57 bits per heavy atom. The first kappa shape index (κ1) is 24.8. The highest BCUT2D eigenvalue weighted by molar-refractivity contribution is 5.92. The normalized spacial score (nSPS) is 20.2. The average molecular weight is 514 g/mol. The van der Waals surface area contributed by atoms with E-state index in [1.54, 1.807) is 0 Å². The van der Waals surface area contributed by atoms with E-state index in [2.05, 4.69) is 38.8 Å². The Hall–Kier alpha value is -3.89. The Kier molecular flexibility index (Phi) is 6.17. The SMILES string of the molecule is Cc1cccc(C(=O)N2CCC3(C2)c2cccn2-c2ncccc2N3CC2CC2)n1.O=C(O)C(F)(F)F. The lowest BCUT2D eigenvalue weighted by Gasteiger charge is -2.47. The van der Waals surface area contributed by atoms with Crippen LogP contribution in [0.1, 0.15) is 41.1 Å². The molecule has 5 heterocycles. The lowest BCUT2D eigenvalue weighted by atomic mass is 9.88. The predicted molar refractivity (Wildman–Crippen MR) is 128 cm³/mol. The highest BCUT2D eigenvalue weighted by Gasteiger charge is 2.52. The number of fused-ring (bicyclic) bond motifs is 4. The molecule has 1 atom stereocenters. The van der Waals surface area contributed by atoms with Gasteiger partial charge in [0.25, 0.3) is 5.91 Å². The molecule has 194 valence electrons. The molecule has 1 saturated carbocycles. The molecule has 0 bridgehead atoms. The Morgan fingerprint density at radius 1 is 1.14 bits per heavy atom. The summed E-state index contributed by atoms with van der Waals surface area (Å²) in [5.41, 5.74) is 3.60. The zero-order chi connectivity index (χ0) is 26.4. The summed E-state index contributed by atoms with van der Waals surface area (Å²) in [5.74, 6) is -1.00. The lowest BCUT2D eigenvalue weighted by molar-refractivity contribution is -0.192. The summed E-state index contributed by atoms with van der Waals surface area (Å²) >= 11 is 0. The number of halogens is 3. The van der Waals surface area contributed by atoms with Crippen molar-refractivity contribution in [2.24, 2.45) is 5.92 Å². The first-order chi connectivity index (χ1) is 17.6. The van der Waals surface area contributed by atoms with Gasteiger partial charge in [0, 0.05) is 37.7 Å². The summed E-state index contributed by atoms with van der Waals surface area (Å²) < 4.78 is 34.0. The molecule has 11 heteroatoms. The predicted octanol–water partition coefficient (Wildman–Crippen LogP) is 4.18. The third-order valence-electron chi connectivity index (χ3n) is 7.05. The highest BCUT2D eigenvalue weighted by Crippen LogP contribution is 2.49. The van der Waals surface area contributed by atoms with Gasteiger partial charge in [0.1, 0.15) is 11.2 Å². The first-order valence-corrected chi connectivity index (χ1v) is 12.0. The van der Waals surface area contributed by atoms with Crippen LogP contribution >= 0.6 is 0 Å². The molecule has 1 aliphatic carbocycles. The Bertz CT molecular complexity index is 1340. The van der Waals surface area contributed by atoms with Crippen LogP contribution in [0.25, 0.3) is 5.82 Å². The summed E-state index contributed by atoms with van der Waals surface area (Å²) in [5, 5.41) is 7.12. The summed E-state index contributed by atoms with van der Waals surface area (Å²) in [6, 6.07) is 14.2. The molecular weight excluding hydrogens is 487 g/mol. The van der Waals surface area contributed by atoms with Crippen LogP contribution in [0.2, 0.25) is 0 Å². The van der Waals surface area contributed by atoms with Gasteiger partial charge in [0.15, 0.2) is 5.82 Å². The van der Waals surface area contributed by atoms with Gasteiger partial charge in [0.05, 0.1) is 11.4 Å². The van der Waals surface area contributed by atoms with Crippen molar-refractivity contribution >= 4 is 17.6 Å². The number of alkyl halides is 3. The second-order valence-corrected chi connectivity index (χ2v) is 9.64. The number of hydrogen-bond acceptors (Lipinski definition) is 5. The topological polar surface area (TPSA) is 91.6 Å².